The Bertz CT molecular complexity index is 212. The van der Waals surface area contributed by atoms with Crippen molar-refractivity contribution in [1.29, 1.82) is 0 Å². The molecule has 0 bridgehead atoms. The second-order valence-electron chi connectivity index (χ2n) is 5.90. The van der Waals surface area contributed by atoms with E-state index < -0.39 is 0 Å². The largest absolute Gasteiger partial charge is 0.373 e. The SMILES string of the molecule is CCNCC(C)(CC)CN1CC(C)OC(C)C1. The fraction of sp³-hybridized carbons (Fsp3) is 1.00. The average molecular weight is 242 g/mol. The van der Waals surface area contributed by atoms with Crippen LogP contribution in [0.25, 0.3) is 0 Å². The van der Waals surface area contributed by atoms with Crippen molar-refractivity contribution in [3.05, 3.63) is 0 Å². The molecule has 1 saturated heterocycles. The predicted molar refractivity (Wildman–Crippen MR) is 73.4 cm³/mol. The molecular formula is C14H30N2O. The van der Waals surface area contributed by atoms with Crippen LogP contribution in [0.1, 0.15) is 41.0 Å². The van der Waals surface area contributed by atoms with Crippen molar-refractivity contribution < 1.29 is 4.74 Å². The van der Waals surface area contributed by atoms with E-state index in [0.29, 0.717) is 17.6 Å². The second kappa shape index (κ2) is 6.72. The Kier molecular flexibility index (Phi) is 5.90. The molecule has 0 radical (unpaired) electrons. The van der Waals surface area contributed by atoms with Gasteiger partial charge in [-0.05, 0) is 32.2 Å². The first-order valence-corrected chi connectivity index (χ1v) is 7.07. The van der Waals surface area contributed by atoms with Gasteiger partial charge in [0.05, 0.1) is 12.2 Å². The number of ether oxygens (including phenoxy) is 1. The Labute approximate surface area is 107 Å². The Morgan fingerprint density at radius 1 is 1.24 bits per heavy atom. The molecule has 3 heteroatoms. The molecule has 102 valence electrons. The third kappa shape index (κ3) is 4.94. The highest BCUT2D eigenvalue weighted by Crippen LogP contribution is 2.23. The van der Waals surface area contributed by atoms with Gasteiger partial charge < -0.3 is 10.1 Å². The molecule has 1 fully saturated rings. The maximum absolute atomic E-state index is 5.79. The summed E-state index contributed by atoms with van der Waals surface area (Å²) in [7, 11) is 0. The lowest BCUT2D eigenvalue weighted by atomic mass is 9.86. The molecule has 3 nitrogen and oxygen atoms in total. The molecule has 0 aromatic rings. The Hall–Kier alpha value is -0.120. The maximum atomic E-state index is 5.79. The molecule has 1 N–H and O–H groups in total. The van der Waals surface area contributed by atoms with E-state index in [2.05, 4.69) is 44.8 Å². The van der Waals surface area contributed by atoms with Gasteiger partial charge in [-0.1, -0.05) is 20.8 Å². The second-order valence-corrected chi connectivity index (χ2v) is 5.90. The van der Waals surface area contributed by atoms with Gasteiger partial charge in [-0.25, -0.2) is 0 Å². The van der Waals surface area contributed by atoms with Crippen LogP contribution in [0.4, 0.5) is 0 Å². The summed E-state index contributed by atoms with van der Waals surface area (Å²) in [6.45, 7) is 16.7. The molecule has 1 aliphatic rings. The number of hydrogen-bond donors (Lipinski definition) is 1. The summed E-state index contributed by atoms with van der Waals surface area (Å²) in [5, 5.41) is 3.49. The highest BCUT2D eigenvalue weighted by Gasteiger charge is 2.29. The molecule has 0 spiro atoms. The molecule has 0 aromatic heterocycles. The van der Waals surface area contributed by atoms with E-state index in [1.54, 1.807) is 0 Å². The van der Waals surface area contributed by atoms with Crippen LogP contribution in [0.2, 0.25) is 0 Å². The number of hydrogen-bond acceptors (Lipinski definition) is 3. The zero-order chi connectivity index (χ0) is 12.9. The zero-order valence-corrected chi connectivity index (χ0v) is 12.3. The van der Waals surface area contributed by atoms with Gasteiger partial charge in [-0.3, -0.25) is 4.90 Å². The number of nitrogens with zero attached hydrogens (tertiary/aromatic N) is 1. The molecule has 1 rings (SSSR count). The van der Waals surface area contributed by atoms with Gasteiger partial charge in [0.2, 0.25) is 0 Å². The van der Waals surface area contributed by atoms with Crippen LogP contribution in [-0.4, -0.2) is 49.8 Å². The minimum absolute atomic E-state index is 0.374. The maximum Gasteiger partial charge on any atom is 0.0678 e. The van der Waals surface area contributed by atoms with Gasteiger partial charge >= 0.3 is 0 Å². The van der Waals surface area contributed by atoms with Crippen molar-refractivity contribution in [3.8, 4) is 0 Å². The lowest BCUT2D eigenvalue weighted by Crippen LogP contribution is -2.50. The molecule has 0 saturated carbocycles. The van der Waals surface area contributed by atoms with Gasteiger partial charge in [-0.15, -0.1) is 0 Å². The topological polar surface area (TPSA) is 24.5 Å². The summed E-state index contributed by atoms with van der Waals surface area (Å²) in [6.07, 6.45) is 1.97. The van der Waals surface area contributed by atoms with Crippen molar-refractivity contribution in [2.45, 2.75) is 53.2 Å². The van der Waals surface area contributed by atoms with Crippen LogP contribution in [0, 0.1) is 5.41 Å². The van der Waals surface area contributed by atoms with E-state index in [4.69, 9.17) is 4.74 Å². The van der Waals surface area contributed by atoms with Crippen molar-refractivity contribution in [1.82, 2.24) is 10.2 Å². The summed E-state index contributed by atoms with van der Waals surface area (Å²) >= 11 is 0. The predicted octanol–water partition coefficient (Wildman–Crippen LogP) is 2.12. The zero-order valence-electron chi connectivity index (χ0n) is 12.3. The van der Waals surface area contributed by atoms with E-state index in [-0.39, 0.29) is 0 Å². The quantitative estimate of drug-likeness (QED) is 0.772. The first-order valence-electron chi connectivity index (χ1n) is 7.07. The van der Waals surface area contributed by atoms with Crippen molar-refractivity contribution in [3.63, 3.8) is 0 Å². The van der Waals surface area contributed by atoms with Crippen molar-refractivity contribution in [2.24, 2.45) is 5.41 Å². The van der Waals surface area contributed by atoms with Crippen molar-refractivity contribution >= 4 is 0 Å². The summed E-state index contributed by atoms with van der Waals surface area (Å²) in [5.41, 5.74) is 0.382. The first-order chi connectivity index (χ1) is 7.99. The fourth-order valence-electron chi connectivity index (χ4n) is 2.67. The molecule has 0 amide bonds. The first kappa shape index (κ1) is 14.9. The molecule has 3 unspecified atom stereocenters. The van der Waals surface area contributed by atoms with Gasteiger partial charge in [0.15, 0.2) is 0 Å². The smallest absolute Gasteiger partial charge is 0.0678 e. The Morgan fingerprint density at radius 2 is 1.82 bits per heavy atom. The average Bonchev–Trinajstić information content (AvgIpc) is 2.25. The fourth-order valence-corrected chi connectivity index (χ4v) is 2.67. The van der Waals surface area contributed by atoms with Crippen LogP contribution in [0.15, 0.2) is 0 Å². The minimum Gasteiger partial charge on any atom is -0.373 e. The van der Waals surface area contributed by atoms with Crippen molar-refractivity contribution in [2.75, 3.05) is 32.7 Å². The van der Waals surface area contributed by atoms with Crippen LogP contribution < -0.4 is 5.32 Å². The summed E-state index contributed by atoms with van der Waals surface area (Å²) < 4.78 is 5.79. The number of rotatable bonds is 6. The van der Waals surface area contributed by atoms with E-state index in [9.17, 15) is 0 Å². The molecule has 3 atom stereocenters. The Morgan fingerprint density at radius 3 is 2.29 bits per heavy atom. The summed E-state index contributed by atoms with van der Waals surface area (Å²) in [4.78, 5) is 2.57. The van der Waals surface area contributed by atoms with Gasteiger partial charge in [0.1, 0.15) is 0 Å². The molecule has 0 aliphatic carbocycles. The monoisotopic (exact) mass is 242 g/mol. The highest BCUT2D eigenvalue weighted by molar-refractivity contribution is 4.83. The summed E-state index contributed by atoms with van der Waals surface area (Å²) in [6, 6.07) is 0. The lowest BCUT2D eigenvalue weighted by Gasteiger charge is -2.41. The van der Waals surface area contributed by atoms with Gasteiger partial charge in [-0.2, -0.15) is 0 Å². The third-order valence-electron chi connectivity index (χ3n) is 3.76. The van der Waals surface area contributed by atoms with E-state index in [1.807, 2.05) is 0 Å². The highest BCUT2D eigenvalue weighted by atomic mass is 16.5. The minimum atomic E-state index is 0.374. The van der Waals surface area contributed by atoms with Gasteiger partial charge in [0.25, 0.3) is 0 Å². The molecule has 1 heterocycles. The third-order valence-corrected chi connectivity index (χ3v) is 3.76. The lowest BCUT2D eigenvalue weighted by molar-refractivity contribution is -0.0768. The van der Waals surface area contributed by atoms with Crippen LogP contribution >= 0.6 is 0 Å². The molecule has 1 aliphatic heterocycles. The molecule has 17 heavy (non-hydrogen) atoms. The normalized spacial score (nSPS) is 30.2. The van der Waals surface area contributed by atoms with Crippen LogP contribution in [0.5, 0.6) is 0 Å². The Balaban J connectivity index is 2.48. The number of morpholine rings is 1. The van der Waals surface area contributed by atoms with Gasteiger partial charge in [0, 0.05) is 26.2 Å². The molecular weight excluding hydrogens is 212 g/mol. The van der Waals surface area contributed by atoms with E-state index >= 15 is 0 Å². The van der Waals surface area contributed by atoms with Crippen LogP contribution in [0.3, 0.4) is 0 Å². The number of nitrogens with one attached hydrogen (secondary N) is 1. The standard InChI is InChI=1S/C14H30N2O/c1-6-14(5,10-15-7-2)11-16-8-12(3)17-13(4)9-16/h12-13,15H,6-11H2,1-5H3. The van der Waals surface area contributed by atoms with E-state index in [1.165, 1.54) is 13.0 Å². The molecule has 0 aromatic carbocycles. The van der Waals surface area contributed by atoms with Crippen LogP contribution in [-0.2, 0) is 4.74 Å². The van der Waals surface area contributed by atoms with E-state index in [0.717, 1.165) is 26.2 Å². The summed E-state index contributed by atoms with van der Waals surface area (Å²) in [5.74, 6) is 0.